The van der Waals surface area contributed by atoms with Crippen LogP contribution in [0.1, 0.15) is 42.3 Å². The Kier molecular flexibility index (Phi) is 4.54. The van der Waals surface area contributed by atoms with E-state index in [4.69, 9.17) is 15.5 Å². The molecule has 0 saturated heterocycles. The van der Waals surface area contributed by atoms with Gasteiger partial charge in [0.15, 0.2) is 11.6 Å². The molecule has 0 spiro atoms. The van der Waals surface area contributed by atoms with Crippen molar-refractivity contribution in [2.24, 2.45) is 0 Å². The molecule has 7 nitrogen and oxygen atoms in total. The first-order valence-corrected chi connectivity index (χ1v) is 10.6. The average Bonchev–Trinajstić information content (AvgIpc) is 3.33. The van der Waals surface area contributed by atoms with Gasteiger partial charge in [-0.3, -0.25) is 4.68 Å². The lowest BCUT2D eigenvalue weighted by Crippen LogP contribution is -2.12. The highest BCUT2D eigenvalue weighted by atomic mass is 16.5. The summed E-state index contributed by atoms with van der Waals surface area (Å²) in [6, 6.07) is 8.38. The minimum atomic E-state index is -0.227. The lowest BCUT2D eigenvalue weighted by molar-refractivity contribution is 0.228. The summed E-state index contributed by atoms with van der Waals surface area (Å²) in [6.45, 7) is 9.72. The van der Waals surface area contributed by atoms with Gasteiger partial charge in [-0.2, -0.15) is 5.10 Å². The Labute approximate surface area is 181 Å². The third kappa shape index (κ3) is 3.17. The summed E-state index contributed by atoms with van der Waals surface area (Å²) in [6.07, 6.45) is 5.43. The maximum Gasteiger partial charge on any atom is 0.166 e. The smallest absolute Gasteiger partial charge is 0.166 e. The molecule has 3 aromatic heterocycles. The molecule has 7 heteroatoms. The van der Waals surface area contributed by atoms with Gasteiger partial charge >= 0.3 is 0 Å². The Bertz CT molecular complexity index is 1290. The van der Waals surface area contributed by atoms with Gasteiger partial charge in [-0.25, -0.2) is 9.97 Å². The van der Waals surface area contributed by atoms with Crippen LogP contribution in [0.2, 0.25) is 0 Å². The van der Waals surface area contributed by atoms with Gasteiger partial charge in [0.1, 0.15) is 11.9 Å². The van der Waals surface area contributed by atoms with E-state index in [-0.39, 0.29) is 6.10 Å². The molecule has 1 aliphatic rings. The Balaban J connectivity index is 1.82. The van der Waals surface area contributed by atoms with E-state index in [2.05, 4.69) is 53.6 Å². The third-order valence-electron chi connectivity index (χ3n) is 5.94. The van der Waals surface area contributed by atoms with Gasteiger partial charge in [0.25, 0.3) is 0 Å². The number of fused-ring (bicyclic) bond motifs is 7. The molecule has 0 aliphatic carbocycles. The lowest BCUT2D eigenvalue weighted by atomic mass is 9.99. The predicted molar refractivity (Wildman–Crippen MR) is 121 cm³/mol. The van der Waals surface area contributed by atoms with Gasteiger partial charge in [-0.05, 0) is 33.8 Å². The zero-order chi connectivity index (χ0) is 21.7. The van der Waals surface area contributed by atoms with E-state index in [0.717, 1.165) is 46.0 Å². The zero-order valence-electron chi connectivity index (χ0n) is 18.3. The van der Waals surface area contributed by atoms with Crippen molar-refractivity contribution in [2.75, 3.05) is 5.73 Å². The van der Waals surface area contributed by atoms with Crippen molar-refractivity contribution in [2.45, 2.75) is 46.9 Å². The first-order chi connectivity index (χ1) is 15.0. The Morgan fingerprint density at radius 1 is 1.13 bits per heavy atom. The van der Waals surface area contributed by atoms with Crippen molar-refractivity contribution in [1.82, 2.24) is 24.3 Å². The minimum Gasteiger partial charge on any atom is -0.482 e. The van der Waals surface area contributed by atoms with Crippen LogP contribution in [0, 0.1) is 13.8 Å². The summed E-state index contributed by atoms with van der Waals surface area (Å²) in [5.74, 6) is 1.88. The van der Waals surface area contributed by atoms with Gasteiger partial charge in [-0.1, -0.05) is 23.8 Å². The quantitative estimate of drug-likeness (QED) is 0.495. The van der Waals surface area contributed by atoms with Crippen LogP contribution in [0.25, 0.3) is 22.6 Å². The van der Waals surface area contributed by atoms with Gasteiger partial charge in [0.2, 0.25) is 0 Å². The average molecular weight is 415 g/mol. The number of rotatable bonds is 1. The van der Waals surface area contributed by atoms with E-state index in [0.29, 0.717) is 18.1 Å². The number of nitrogens with zero attached hydrogens (tertiary/aromatic N) is 5. The van der Waals surface area contributed by atoms with E-state index in [1.807, 2.05) is 30.1 Å². The lowest BCUT2D eigenvalue weighted by Gasteiger charge is -2.22. The summed E-state index contributed by atoms with van der Waals surface area (Å²) in [5, 5.41) is 4.62. The number of benzene rings is 1. The standard InChI is InChI=1S/C24H26N6O/c1-5-30-22-17-9-21(23(25)26-11-17)31-16(4)20-8-14(2)6-7-19(20)24-27-10-15(3)29(24)13-18(22)12-28-30/h6-12,16H,5,13H2,1-4H3,(H2,25,26)/t16-/m1/s1. The highest BCUT2D eigenvalue weighted by Crippen LogP contribution is 2.37. The molecular weight excluding hydrogens is 388 g/mol. The molecule has 0 saturated carbocycles. The topological polar surface area (TPSA) is 83.8 Å². The number of aryl methyl sites for hydroxylation is 3. The van der Waals surface area contributed by atoms with E-state index in [1.54, 1.807) is 6.20 Å². The molecule has 0 unspecified atom stereocenters. The normalized spacial score (nSPS) is 15.2. The molecule has 2 bridgehead atoms. The van der Waals surface area contributed by atoms with Gasteiger partial charge in [-0.15, -0.1) is 0 Å². The molecule has 1 aromatic carbocycles. The number of pyridine rings is 1. The molecule has 0 radical (unpaired) electrons. The molecule has 1 atom stereocenters. The Hall–Kier alpha value is -3.61. The predicted octanol–water partition coefficient (Wildman–Crippen LogP) is 4.53. The summed E-state index contributed by atoms with van der Waals surface area (Å²) in [5.41, 5.74) is 13.7. The van der Waals surface area contributed by atoms with Gasteiger partial charge in [0, 0.05) is 46.9 Å². The molecule has 4 aromatic rings. The number of aromatic nitrogens is 5. The highest BCUT2D eigenvalue weighted by Gasteiger charge is 2.23. The summed E-state index contributed by atoms with van der Waals surface area (Å²) in [7, 11) is 0. The van der Waals surface area contributed by atoms with Crippen LogP contribution in [0.4, 0.5) is 5.82 Å². The highest BCUT2D eigenvalue weighted by molar-refractivity contribution is 5.69. The van der Waals surface area contributed by atoms with E-state index in [9.17, 15) is 0 Å². The summed E-state index contributed by atoms with van der Waals surface area (Å²) >= 11 is 0. The van der Waals surface area contributed by atoms with Crippen LogP contribution in [-0.2, 0) is 13.1 Å². The first-order valence-electron chi connectivity index (χ1n) is 10.6. The minimum absolute atomic E-state index is 0.227. The number of hydrogen-bond donors (Lipinski definition) is 1. The van der Waals surface area contributed by atoms with Crippen LogP contribution in [-0.4, -0.2) is 24.3 Å². The number of hydrogen-bond acceptors (Lipinski definition) is 5. The fourth-order valence-corrected chi connectivity index (χ4v) is 4.31. The number of ether oxygens (including phenoxy) is 1. The van der Waals surface area contributed by atoms with Crippen LogP contribution < -0.4 is 10.5 Å². The number of nitrogens with two attached hydrogens (primary N) is 1. The molecule has 2 N–H and O–H groups in total. The molecule has 0 amide bonds. The van der Waals surface area contributed by atoms with Crippen molar-refractivity contribution in [3.05, 3.63) is 65.2 Å². The van der Waals surface area contributed by atoms with Crippen LogP contribution >= 0.6 is 0 Å². The summed E-state index contributed by atoms with van der Waals surface area (Å²) < 4.78 is 10.6. The molecule has 158 valence electrons. The van der Waals surface area contributed by atoms with Crippen molar-refractivity contribution in [3.8, 4) is 28.4 Å². The van der Waals surface area contributed by atoms with Crippen LogP contribution in [0.15, 0.2) is 42.9 Å². The fraction of sp³-hybridized carbons (Fsp3) is 0.292. The molecular formula is C24H26N6O. The van der Waals surface area contributed by atoms with Crippen LogP contribution in [0.5, 0.6) is 5.75 Å². The van der Waals surface area contributed by atoms with Crippen molar-refractivity contribution in [3.63, 3.8) is 0 Å². The SMILES string of the molecule is CCn1ncc2c1-c1cnc(N)c(c1)O[C@H](C)c1cc(C)ccc1-c1ncc(C)n1C2. The first kappa shape index (κ1) is 19.4. The Morgan fingerprint density at radius 2 is 1.97 bits per heavy atom. The third-order valence-corrected chi connectivity index (χ3v) is 5.94. The van der Waals surface area contributed by atoms with E-state index in [1.165, 1.54) is 5.56 Å². The molecule has 5 rings (SSSR count). The molecule has 31 heavy (non-hydrogen) atoms. The van der Waals surface area contributed by atoms with Gasteiger partial charge < -0.3 is 15.0 Å². The van der Waals surface area contributed by atoms with Crippen molar-refractivity contribution in [1.29, 1.82) is 0 Å². The largest absolute Gasteiger partial charge is 0.482 e. The second-order valence-electron chi connectivity index (χ2n) is 8.10. The molecule has 0 fully saturated rings. The zero-order valence-corrected chi connectivity index (χ0v) is 18.3. The maximum absolute atomic E-state index is 6.37. The molecule has 1 aliphatic heterocycles. The van der Waals surface area contributed by atoms with Crippen molar-refractivity contribution < 1.29 is 4.74 Å². The van der Waals surface area contributed by atoms with E-state index >= 15 is 0 Å². The van der Waals surface area contributed by atoms with E-state index < -0.39 is 0 Å². The summed E-state index contributed by atoms with van der Waals surface area (Å²) in [4.78, 5) is 9.21. The fourth-order valence-electron chi connectivity index (χ4n) is 4.31. The number of imidazole rings is 1. The number of anilines is 1. The van der Waals surface area contributed by atoms with Crippen LogP contribution in [0.3, 0.4) is 0 Å². The van der Waals surface area contributed by atoms with Gasteiger partial charge in [0.05, 0.1) is 18.4 Å². The monoisotopic (exact) mass is 414 g/mol. The van der Waals surface area contributed by atoms with Crippen molar-refractivity contribution >= 4 is 5.82 Å². The second-order valence-corrected chi connectivity index (χ2v) is 8.10. The number of nitrogen functional groups attached to an aromatic ring is 1. The second kappa shape index (κ2) is 7.27. The Morgan fingerprint density at radius 3 is 2.77 bits per heavy atom. The maximum atomic E-state index is 6.37. The molecule has 4 heterocycles.